The Morgan fingerprint density at radius 1 is 1.27 bits per heavy atom. The van der Waals surface area contributed by atoms with Crippen LogP contribution in [0.1, 0.15) is 19.3 Å². The summed E-state index contributed by atoms with van der Waals surface area (Å²) in [6.45, 7) is 0. The average Bonchev–Trinajstić information content (AvgIpc) is 2.34. The lowest BCUT2D eigenvalue weighted by Gasteiger charge is -2.12. The van der Waals surface area contributed by atoms with Crippen LogP contribution in [0.4, 0.5) is 4.79 Å². The molecule has 2 rings (SSSR count). The Morgan fingerprint density at radius 3 is 2.91 bits per heavy atom. The van der Waals surface area contributed by atoms with Crippen molar-refractivity contribution in [1.29, 1.82) is 0 Å². The summed E-state index contributed by atoms with van der Waals surface area (Å²) in [5, 5.41) is 5.84. The average molecular weight is 151 g/mol. The smallest absolute Gasteiger partial charge is 0.309 e. The number of amides is 3. The molecule has 0 saturated carbocycles. The summed E-state index contributed by atoms with van der Waals surface area (Å²) >= 11 is 0. The van der Waals surface area contributed by atoms with Crippen molar-refractivity contribution < 1.29 is 9.59 Å². The van der Waals surface area contributed by atoms with Crippen molar-refractivity contribution in [2.45, 2.75) is 19.3 Å². The second kappa shape index (κ2) is 2.08. The number of rotatable bonds is 0. The van der Waals surface area contributed by atoms with Crippen LogP contribution >= 0.6 is 0 Å². The van der Waals surface area contributed by atoms with Gasteiger partial charge in [-0.3, -0.25) is 4.79 Å². The monoisotopic (exact) mass is 151 g/mol. The first kappa shape index (κ1) is 6.39. The first-order chi connectivity index (χ1) is 5.27. The number of carbonyl (C=O) groups is 2. The van der Waals surface area contributed by atoms with Crippen LogP contribution in [0, 0.1) is 0 Å². The second-order valence-corrected chi connectivity index (χ2v) is 2.66. The minimum Gasteiger partial charge on any atom is -0.309 e. The van der Waals surface area contributed by atoms with Crippen LogP contribution in [-0.4, -0.2) is 11.9 Å². The second-order valence-electron chi connectivity index (χ2n) is 2.66. The Morgan fingerprint density at radius 2 is 2.09 bits per heavy atom. The van der Waals surface area contributed by atoms with Gasteiger partial charge in [0, 0.05) is 11.3 Å². The molecule has 1 heterocycles. The largest absolute Gasteiger partial charge is 0.348 e. The van der Waals surface area contributed by atoms with E-state index in [0.29, 0.717) is 5.57 Å². The summed E-state index contributed by atoms with van der Waals surface area (Å²) in [7, 11) is 0. The molecule has 3 amide bonds. The Hall–Kier alpha value is -1.32. The highest BCUT2D eigenvalue weighted by molar-refractivity contribution is 6.07. The van der Waals surface area contributed by atoms with Crippen LogP contribution in [0.15, 0.2) is 11.3 Å². The minimum atomic E-state index is -0.518. The molecule has 1 aliphatic heterocycles. The Kier molecular flexibility index (Phi) is 1.21. The van der Waals surface area contributed by atoms with Gasteiger partial charge in [-0.15, -0.1) is 0 Å². The molecule has 0 unspecified atom stereocenters. The van der Waals surface area contributed by atoms with Crippen molar-refractivity contribution in [3.05, 3.63) is 11.3 Å². The van der Waals surface area contributed by atoms with E-state index in [4.69, 9.17) is 0 Å². The van der Waals surface area contributed by atoms with E-state index in [0.717, 1.165) is 25.0 Å². The topological polar surface area (TPSA) is 60.3 Å². The fourth-order valence-electron chi connectivity index (χ4n) is 1.43. The van der Waals surface area contributed by atoms with E-state index >= 15 is 0 Å². The molecule has 0 spiro atoms. The van der Waals surface area contributed by atoms with Crippen LogP contribution in [0.3, 0.4) is 0 Å². The van der Waals surface area contributed by atoms with Gasteiger partial charge in [-0.2, -0.15) is 5.32 Å². The zero-order valence-electron chi connectivity index (χ0n) is 5.89. The van der Waals surface area contributed by atoms with Crippen LogP contribution in [0.25, 0.3) is 0 Å². The van der Waals surface area contributed by atoms with Gasteiger partial charge < -0.3 is 5.32 Å². The van der Waals surface area contributed by atoms with Gasteiger partial charge in [-0.1, -0.05) is 0 Å². The van der Waals surface area contributed by atoms with Crippen molar-refractivity contribution in [3.8, 4) is 0 Å². The molecule has 1 aliphatic carbocycles. The number of nitrogens with zero attached hydrogens (tertiary/aromatic N) is 1. The highest BCUT2D eigenvalue weighted by Gasteiger charge is 2.29. The van der Waals surface area contributed by atoms with Crippen molar-refractivity contribution in [2.75, 3.05) is 0 Å². The quantitative estimate of drug-likeness (QED) is 0.540. The lowest BCUT2D eigenvalue weighted by molar-refractivity contribution is -0.117. The molecule has 0 fully saturated rings. The van der Waals surface area contributed by atoms with Gasteiger partial charge in [0.25, 0.3) is 5.91 Å². The number of allylic oxidation sites excluding steroid dienone is 1. The third kappa shape index (κ3) is 0.906. The van der Waals surface area contributed by atoms with Crippen LogP contribution in [0.5, 0.6) is 0 Å². The summed E-state index contributed by atoms with van der Waals surface area (Å²) < 4.78 is 0. The maximum Gasteiger partial charge on any atom is 0.348 e. The predicted molar refractivity (Wildman–Crippen MR) is 36.5 cm³/mol. The summed E-state index contributed by atoms with van der Waals surface area (Å²) in [5.41, 5.74) is 1.49. The summed E-state index contributed by atoms with van der Waals surface area (Å²) in [5.74, 6) is -0.346. The summed E-state index contributed by atoms with van der Waals surface area (Å²) in [6.07, 6.45) is 2.52. The van der Waals surface area contributed by atoms with E-state index in [1.165, 1.54) is 0 Å². The summed E-state index contributed by atoms with van der Waals surface area (Å²) in [4.78, 5) is 21.7. The van der Waals surface area contributed by atoms with E-state index in [1.807, 2.05) is 0 Å². The van der Waals surface area contributed by atoms with Gasteiger partial charge >= 0.3 is 6.03 Å². The lowest BCUT2D eigenvalue weighted by atomic mass is 10.2. The molecule has 0 aromatic carbocycles. The Labute approximate surface area is 63.7 Å². The molecule has 1 radical (unpaired) electrons. The van der Waals surface area contributed by atoms with Crippen molar-refractivity contribution in [1.82, 2.24) is 10.6 Å². The van der Waals surface area contributed by atoms with Gasteiger partial charge in [0.1, 0.15) is 0 Å². The number of hydrogen-bond acceptors (Lipinski definition) is 2. The van der Waals surface area contributed by atoms with Crippen molar-refractivity contribution >= 4 is 11.9 Å². The van der Waals surface area contributed by atoms with Gasteiger partial charge in [-0.05, 0) is 19.3 Å². The molecular formula is C7H7N2O2. The zero-order valence-corrected chi connectivity index (χ0v) is 5.89. The van der Waals surface area contributed by atoms with Crippen molar-refractivity contribution in [3.63, 3.8) is 0 Å². The number of carbonyl (C=O) groups excluding carboxylic acids is 2. The highest BCUT2D eigenvalue weighted by Crippen LogP contribution is 2.25. The fraction of sp³-hybridized carbons (Fsp3) is 0.429. The lowest BCUT2D eigenvalue weighted by Crippen LogP contribution is -2.39. The van der Waals surface area contributed by atoms with Gasteiger partial charge in [0.05, 0.1) is 0 Å². The SMILES string of the molecule is O=C1[N]C(=O)C2=C(CCC2)N1. The van der Waals surface area contributed by atoms with E-state index in [2.05, 4.69) is 10.6 Å². The third-order valence-corrected chi connectivity index (χ3v) is 1.94. The standard InChI is InChI=1S/C7H7N2O2/c10-6-4-2-1-3-5(4)8-7(11)9-6/h1-3H2,(H,8,11). The van der Waals surface area contributed by atoms with E-state index in [-0.39, 0.29) is 5.91 Å². The molecule has 11 heavy (non-hydrogen) atoms. The minimum absolute atomic E-state index is 0.346. The molecule has 2 aliphatic rings. The number of nitrogens with one attached hydrogen (secondary N) is 1. The third-order valence-electron chi connectivity index (χ3n) is 1.94. The first-order valence-corrected chi connectivity index (χ1v) is 3.56. The van der Waals surface area contributed by atoms with E-state index in [1.54, 1.807) is 0 Å². The Bertz CT molecular complexity index is 268. The number of urea groups is 1. The van der Waals surface area contributed by atoms with E-state index < -0.39 is 6.03 Å². The maximum absolute atomic E-state index is 11.0. The van der Waals surface area contributed by atoms with Gasteiger partial charge in [0.15, 0.2) is 0 Å². The molecule has 4 nitrogen and oxygen atoms in total. The van der Waals surface area contributed by atoms with Gasteiger partial charge in [-0.25, -0.2) is 4.79 Å². The molecule has 0 saturated heterocycles. The molecule has 1 N–H and O–H groups in total. The Balaban J connectivity index is 2.35. The maximum atomic E-state index is 11.0. The molecule has 0 atom stereocenters. The fourth-order valence-corrected chi connectivity index (χ4v) is 1.43. The normalized spacial score (nSPS) is 22.9. The number of hydrogen-bond donors (Lipinski definition) is 1. The molecule has 0 bridgehead atoms. The van der Waals surface area contributed by atoms with Crippen LogP contribution in [-0.2, 0) is 4.79 Å². The van der Waals surface area contributed by atoms with Crippen LogP contribution in [0.2, 0.25) is 0 Å². The molecule has 0 aromatic rings. The molecule has 4 heteroatoms. The van der Waals surface area contributed by atoms with Gasteiger partial charge in [0.2, 0.25) is 0 Å². The zero-order chi connectivity index (χ0) is 7.84. The van der Waals surface area contributed by atoms with Crippen LogP contribution < -0.4 is 10.6 Å². The number of imide groups is 1. The predicted octanol–water partition coefficient (Wildman–Crippen LogP) is 0.279. The molecule has 0 aromatic heterocycles. The highest BCUT2D eigenvalue weighted by atomic mass is 16.2. The molecule has 57 valence electrons. The summed E-state index contributed by atoms with van der Waals surface area (Å²) in [6, 6.07) is -0.518. The van der Waals surface area contributed by atoms with Crippen molar-refractivity contribution in [2.24, 2.45) is 0 Å². The molecular weight excluding hydrogens is 144 g/mol. The first-order valence-electron chi connectivity index (χ1n) is 3.56. The van der Waals surface area contributed by atoms with E-state index in [9.17, 15) is 9.59 Å².